The van der Waals surface area contributed by atoms with E-state index < -0.39 is 0 Å². The third-order valence-corrected chi connectivity index (χ3v) is 5.44. The first-order valence-electron chi connectivity index (χ1n) is 9.78. The number of rotatable bonds is 7. The number of nitrogens with one attached hydrogen (secondary N) is 1. The highest BCUT2D eigenvalue weighted by Gasteiger charge is 2.28. The molecule has 0 atom stereocenters. The fraction of sp³-hybridized carbons (Fsp3) is 0.550. The lowest BCUT2D eigenvalue weighted by Gasteiger charge is -2.31. The van der Waals surface area contributed by atoms with Crippen LogP contribution in [-0.4, -0.2) is 52.5 Å². The van der Waals surface area contributed by atoms with Gasteiger partial charge in [-0.3, -0.25) is 4.79 Å². The first kappa shape index (κ1) is 19.8. The summed E-state index contributed by atoms with van der Waals surface area (Å²) in [6.07, 6.45) is 4.95. The Hall–Kier alpha value is -1.92. The smallest absolute Gasteiger partial charge is 0.276 e. The fourth-order valence-corrected chi connectivity index (χ4v) is 3.85. The summed E-state index contributed by atoms with van der Waals surface area (Å²) in [5.74, 6) is 0.692. The lowest BCUT2D eigenvalue weighted by atomic mass is 9.93. The Bertz CT molecular complexity index is 767. The van der Waals surface area contributed by atoms with Gasteiger partial charge in [-0.1, -0.05) is 36.2 Å². The molecule has 1 aromatic carbocycles. The third kappa shape index (κ3) is 4.68. The molecule has 1 aliphatic heterocycles. The molecule has 3 rings (SSSR count). The molecule has 146 valence electrons. The van der Waals surface area contributed by atoms with E-state index in [9.17, 15) is 4.79 Å². The average Bonchev–Trinajstić information content (AvgIpc) is 3.10. The molecule has 1 aliphatic rings. The highest BCUT2D eigenvalue weighted by molar-refractivity contribution is 6.30. The van der Waals surface area contributed by atoms with Gasteiger partial charge in [0.2, 0.25) is 0 Å². The van der Waals surface area contributed by atoms with E-state index in [1.165, 1.54) is 6.42 Å². The molecule has 27 heavy (non-hydrogen) atoms. The third-order valence-electron chi connectivity index (χ3n) is 5.21. The normalized spacial score (nSPS) is 15.3. The number of piperidine rings is 1. The summed E-state index contributed by atoms with van der Waals surface area (Å²) in [6, 6.07) is 7.48. The van der Waals surface area contributed by atoms with E-state index in [4.69, 9.17) is 11.6 Å². The number of amides is 1. The predicted molar refractivity (Wildman–Crippen MR) is 108 cm³/mol. The Labute approximate surface area is 165 Å². The maximum Gasteiger partial charge on any atom is 0.276 e. The zero-order valence-electron chi connectivity index (χ0n) is 16.1. The van der Waals surface area contributed by atoms with E-state index in [-0.39, 0.29) is 5.91 Å². The van der Waals surface area contributed by atoms with Crippen LogP contribution in [0.3, 0.4) is 0 Å². The van der Waals surface area contributed by atoms with E-state index in [0.717, 1.165) is 56.7 Å². The predicted octanol–water partition coefficient (Wildman–Crippen LogP) is 3.33. The molecule has 1 fully saturated rings. The van der Waals surface area contributed by atoms with Crippen LogP contribution in [0.1, 0.15) is 48.8 Å². The van der Waals surface area contributed by atoms with E-state index in [1.807, 2.05) is 36.2 Å². The number of carbonyl (C=O) groups excluding carboxylic acids is 1. The van der Waals surface area contributed by atoms with Crippen LogP contribution in [0.25, 0.3) is 5.69 Å². The molecular formula is C20H28ClN5O. The summed E-state index contributed by atoms with van der Waals surface area (Å²) in [6.45, 7) is 4.72. The number of likely N-dealkylation sites (tertiary alicyclic amines) is 1. The highest BCUT2D eigenvalue weighted by Crippen LogP contribution is 2.23. The molecule has 6 nitrogen and oxygen atoms in total. The van der Waals surface area contributed by atoms with Gasteiger partial charge in [0.15, 0.2) is 5.69 Å². The van der Waals surface area contributed by atoms with Crippen LogP contribution in [0.2, 0.25) is 5.02 Å². The molecule has 0 spiro atoms. The molecule has 1 amide bonds. The Balaban J connectivity index is 1.77. The largest absolute Gasteiger partial charge is 0.337 e. The molecule has 0 bridgehead atoms. The zero-order chi connectivity index (χ0) is 19.2. The maximum atomic E-state index is 13.1. The van der Waals surface area contributed by atoms with Crippen LogP contribution >= 0.6 is 11.6 Å². The summed E-state index contributed by atoms with van der Waals surface area (Å²) < 4.78 is 1.75. The summed E-state index contributed by atoms with van der Waals surface area (Å²) >= 11 is 6.12. The van der Waals surface area contributed by atoms with Crippen LogP contribution in [-0.2, 0) is 6.42 Å². The van der Waals surface area contributed by atoms with Gasteiger partial charge in [0, 0.05) is 18.1 Å². The second-order valence-corrected chi connectivity index (χ2v) is 7.59. The number of halogens is 1. The Morgan fingerprint density at radius 3 is 2.78 bits per heavy atom. The molecule has 7 heteroatoms. The van der Waals surface area contributed by atoms with Gasteiger partial charge < -0.3 is 10.2 Å². The number of hydrogen-bond donors (Lipinski definition) is 1. The van der Waals surface area contributed by atoms with Gasteiger partial charge >= 0.3 is 0 Å². The van der Waals surface area contributed by atoms with Crippen LogP contribution in [0.15, 0.2) is 24.3 Å². The lowest BCUT2D eigenvalue weighted by molar-refractivity contribution is 0.0680. The van der Waals surface area contributed by atoms with Crippen molar-refractivity contribution in [1.82, 2.24) is 25.2 Å². The van der Waals surface area contributed by atoms with E-state index >= 15 is 0 Å². The number of benzene rings is 1. The van der Waals surface area contributed by atoms with E-state index in [1.54, 1.807) is 4.68 Å². The Morgan fingerprint density at radius 2 is 2.11 bits per heavy atom. The van der Waals surface area contributed by atoms with Crippen molar-refractivity contribution in [2.24, 2.45) is 5.92 Å². The summed E-state index contributed by atoms with van der Waals surface area (Å²) in [5, 5.41) is 12.4. The lowest BCUT2D eigenvalue weighted by Crippen LogP contribution is -2.39. The highest BCUT2D eigenvalue weighted by atomic mass is 35.5. The Morgan fingerprint density at radius 1 is 1.33 bits per heavy atom. The number of aromatic nitrogens is 3. The van der Waals surface area contributed by atoms with Crippen molar-refractivity contribution in [3.8, 4) is 5.69 Å². The minimum Gasteiger partial charge on any atom is -0.337 e. The molecular weight excluding hydrogens is 362 g/mol. The van der Waals surface area contributed by atoms with Crippen molar-refractivity contribution in [3.63, 3.8) is 0 Å². The fourth-order valence-electron chi connectivity index (χ4n) is 3.67. The molecule has 0 radical (unpaired) electrons. The first-order chi connectivity index (χ1) is 13.1. The minimum absolute atomic E-state index is 0.00112. The van der Waals surface area contributed by atoms with Gasteiger partial charge in [0.1, 0.15) is 0 Å². The van der Waals surface area contributed by atoms with Crippen LogP contribution in [0.4, 0.5) is 0 Å². The Kier molecular flexibility index (Phi) is 6.85. The number of hydrogen-bond acceptors (Lipinski definition) is 4. The topological polar surface area (TPSA) is 63.1 Å². The quantitative estimate of drug-likeness (QED) is 0.788. The molecule has 2 heterocycles. The number of nitrogens with zero attached hydrogens (tertiary/aromatic N) is 4. The SMILES string of the molecule is CCCc1c(C(=O)N2CCC(CCNC)CC2)nnn1-c1cccc(Cl)c1. The summed E-state index contributed by atoms with van der Waals surface area (Å²) in [4.78, 5) is 15.0. The van der Waals surface area contributed by atoms with Crippen molar-refractivity contribution in [2.45, 2.75) is 39.0 Å². The van der Waals surface area contributed by atoms with Crippen molar-refractivity contribution < 1.29 is 4.79 Å². The van der Waals surface area contributed by atoms with Crippen LogP contribution < -0.4 is 5.32 Å². The molecule has 2 aromatic rings. The van der Waals surface area contributed by atoms with Crippen molar-refractivity contribution in [1.29, 1.82) is 0 Å². The van der Waals surface area contributed by atoms with E-state index in [2.05, 4.69) is 22.6 Å². The second-order valence-electron chi connectivity index (χ2n) is 7.15. The van der Waals surface area contributed by atoms with Crippen LogP contribution in [0.5, 0.6) is 0 Å². The van der Waals surface area contributed by atoms with Gasteiger partial charge in [-0.2, -0.15) is 0 Å². The van der Waals surface area contributed by atoms with Gasteiger partial charge in [-0.05, 0) is 63.4 Å². The van der Waals surface area contributed by atoms with Crippen molar-refractivity contribution >= 4 is 17.5 Å². The first-order valence-corrected chi connectivity index (χ1v) is 10.2. The van der Waals surface area contributed by atoms with E-state index in [0.29, 0.717) is 16.6 Å². The molecule has 1 aromatic heterocycles. The van der Waals surface area contributed by atoms with Gasteiger partial charge in [0.05, 0.1) is 11.4 Å². The summed E-state index contributed by atoms with van der Waals surface area (Å²) in [7, 11) is 1.98. The zero-order valence-corrected chi connectivity index (χ0v) is 16.9. The molecule has 0 unspecified atom stereocenters. The van der Waals surface area contributed by atoms with Crippen molar-refractivity contribution in [3.05, 3.63) is 40.7 Å². The number of carbonyl (C=O) groups is 1. The second kappa shape index (κ2) is 9.33. The van der Waals surface area contributed by atoms with Gasteiger partial charge in [-0.15, -0.1) is 5.10 Å². The van der Waals surface area contributed by atoms with Gasteiger partial charge in [0.25, 0.3) is 5.91 Å². The molecule has 1 N–H and O–H groups in total. The van der Waals surface area contributed by atoms with Crippen LogP contribution in [0, 0.1) is 5.92 Å². The standard InChI is InChI=1S/C20H28ClN5O/c1-3-5-18-19(23-24-26(18)17-7-4-6-16(21)14-17)20(27)25-12-9-15(10-13-25)8-11-22-2/h4,6-7,14-15,22H,3,5,8-13H2,1-2H3. The summed E-state index contributed by atoms with van der Waals surface area (Å²) in [5.41, 5.74) is 2.18. The molecule has 1 saturated heterocycles. The monoisotopic (exact) mass is 389 g/mol. The van der Waals surface area contributed by atoms with Crippen molar-refractivity contribution in [2.75, 3.05) is 26.7 Å². The molecule has 0 aliphatic carbocycles. The average molecular weight is 390 g/mol. The maximum absolute atomic E-state index is 13.1. The minimum atomic E-state index is -0.00112. The molecule has 0 saturated carbocycles. The van der Waals surface area contributed by atoms with Gasteiger partial charge in [-0.25, -0.2) is 4.68 Å².